The smallest absolute Gasteiger partial charge is 0.261 e. The lowest BCUT2D eigenvalue weighted by molar-refractivity contribution is 0.0622. The molecule has 0 radical (unpaired) electrons. The minimum atomic E-state index is -0.0329. The number of benzene rings is 2. The van der Waals surface area contributed by atoms with Crippen LogP contribution in [0.2, 0.25) is 0 Å². The van der Waals surface area contributed by atoms with Crippen LogP contribution in [0.5, 0.6) is 11.5 Å². The Balaban J connectivity index is 1.66. The van der Waals surface area contributed by atoms with E-state index in [2.05, 4.69) is 36.1 Å². The van der Waals surface area contributed by atoms with Gasteiger partial charge in [-0.1, -0.05) is 35.9 Å². The van der Waals surface area contributed by atoms with Gasteiger partial charge in [-0.2, -0.15) is 0 Å². The first-order valence-electron chi connectivity index (χ1n) is 8.90. The first kappa shape index (κ1) is 18.3. The molecule has 2 aromatic carbocycles. The summed E-state index contributed by atoms with van der Waals surface area (Å²) in [4.78, 5) is 17.3. The Morgan fingerprint density at radius 3 is 2.15 bits per heavy atom. The highest BCUT2D eigenvalue weighted by Gasteiger charge is 2.27. The maximum absolute atomic E-state index is 13.0. The maximum atomic E-state index is 13.0. The Morgan fingerprint density at radius 1 is 0.962 bits per heavy atom. The summed E-state index contributed by atoms with van der Waals surface area (Å²) in [6.07, 6.45) is 0. The Labute approximate surface area is 155 Å². The lowest BCUT2D eigenvalue weighted by Crippen LogP contribution is -2.48. The van der Waals surface area contributed by atoms with Crippen molar-refractivity contribution in [3.63, 3.8) is 0 Å². The number of hydrogen-bond acceptors (Lipinski definition) is 4. The van der Waals surface area contributed by atoms with Gasteiger partial charge in [0.05, 0.1) is 14.2 Å². The molecule has 1 amide bonds. The van der Waals surface area contributed by atoms with E-state index in [1.807, 2.05) is 11.0 Å². The van der Waals surface area contributed by atoms with Gasteiger partial charge >= 0.3 is 0 Å². The molecule has 138 valence electrons. The van der Waals surface area contributed by atoms with Gasteiger partial charge in [0.15, 0.2) is 0 Å². The van der Waals surface area contributed by atoms with E-state index in [9.17, 15) is 4.79 Å². The van der Waals surface area contributed by atoms with E-state index in [1.54, 1.807) is 26.4 Å². The Kier molecular flexibility index (Phi) is 5.78. The standard InChI is InChI=1S/C21H26N2O3/c1-16-6-4-7-17(14-16)15-22-10-12-23(13-11-22)21(24)20-18(25-2)8-5-9-19(20)26-3/h4-9,14H,10-13,15H2,1-3H3. The van der Waals surface area contributed by atoms with Crippen LogP contribution in [0.3, 0.4) is 0 Å². The molecule has 0 atom stereocenters. The minimum Gasteiger partial charge on any atom is -0.496 e. The molecule has 0 spiro atoms. The fourth-order valence-electron chi connectivity index (χ4n) is 3.40. The lowest BCUT2D eigenvalue weighted by Gasteiger charge is -2.35. The van der Waals surface area contributed by atoms with Crippen molar-refractivity contribution in [1.29, 1.82) is 0 Å². The minimum absolute atomic E-state index is 0.0329. The molecule has 1 aliphatic heterocycles. The van der Waals surface area contributed by atoms with Gasteiger partial charge in [-0.25, -0.2) is 0 Å². The third-order valence-electron chi connectivity index (χ3n) is 4.79. The van der Waals surface area contributed by atoms with E-state index in [0.29, 0.717) is 30.2 Å². The topological polar surface area (TPSA) is 42.0 Å². The van der Waals surface area contributed by atoms with Crippen LogP contribution in [0.25, 0.3) is 0 Å². The van der Waals surface area contributed by atoms with Gasteiger partial charge in [0.2, 0.25) is 0 Å². The van der Waals surface area contributed by atoms with E-state index < -0.39 is 0 Å². The highest BCUT2D eigenvalue weighted by Crippen LogP contribution is 2.30. The van der Waals surface area contributed by atoms with Gasteiger partial charge in [-0.3, -0.25) is 9.69 Å². The quantitative estimate of drug-likeness (QED) is 0.828. The average molecular weight is 354 g/mol. The van der Waals surface area contributed by atoms with Crippen LogP contribution in [0.4, 0.5) is 0 Å². The maximum Gasteiger partial charge on any atom is 0.261 e. The van der Waals surface area contributed by atoms with Crippen LogP contribution in [0.1, 0.15) is 21.5 Å². The SMILES string of the molecule is COc1cccc(OC)c1C(=O)N1CCN(Cc2cccc(C)c2)CC1. The van der Waals surface area contributed by atoms with Crippen LogP contribution in [0, 0.1) is 6.92 Å². The molecule has 1 fully saturated rings. The Hall–Kier alpha value is -2.53. The van der Waals surface area contributed by atoms with Crippen LogP contribution < -0.4 is 9.47 Å². The van der Waals surface area contributed by atoms with Crippen molar-refractivity contribution < 1.29 is 14.3 Å². The zero-order chi connectivity index (χ0) is 18.5. The molecule has 0 saturated carbocycles. The second-order valence-electron chi connectivity index (χ2n) is 6.59. The Bertz CT molecular complexity index is 745. The summed E-state index contributed by atoms with van der Waals surface area (Å²) in [5.41, 5.74) is 3.10. The van der Waals surface area contributed by atoms with Crippen molar-refractivity contribution in [2.75, 3.05) is 40.4 Å². The van der Waals surface area contributed by atoms with Crippen molar-refractivity contribution in [1.82, 2.24) is 9.80 Å². The molecule has 5 heteroatoms. The molecule has 0 unspecified atom stereocenters. The van der Waals surface area contributed by atoms with Gasteiger partial charge < -0.3 is 14.4 Å². The third kappa shape index (κ3) is 3.99. The fourth-order valence-corrected chi connectivity index (χ4v) is 3.40. The largest absolute Gasteiger partial charge is 0.496 e. The number of rotatable bonds is 5. The molecule has 0 aliphatic carbocycles. The van der Waals surface area contributed by atoms with E-state index in [0.717, 1.165) is 19.6 Å². The number of methoxy groups -OCH3 is 2. The monoisotopic (exact) mass is 354 g/mol. The molecule has 0 bridgehead atoms. The summed E-state index contributed by atoms with van der Waals surface area (Å²) in [5.74, 6) is 1.07. The summed E-state index contributed by atoms with van der Waals surface area (Å²) < 4.78 is 10.7. The van der Waals surface area contributed by atoms with Crippen LogP contribution >= 0.6 is 0 Å². The van der Waals surface area contributed by atoms with Gasteiger partial charge in [-0.15, -0.1) is 0 Å². The van der Waals surface area contributed by atoms with Crippen LogP contribution in [0.15, 0.2) is 42.5 Å². The summed E-state index contributed by atoms with van der Waals surface area (Å²) >= 11 is 0. The van der Waals surface area contributed by atoms with Gasteiger partial charge in [0, 0.05) is 32.7 Å². The fraction of sp³-hybridized carbons (Fsp3) is 0.381. The number of carbonyl (C=O) groups excluding carboxylic acids is 1. The number of piperazine rings is 1. The molecule has 1 heterocycles. The molecule has 2 aromatic rings. The molecular formula is C21H26N2O3. The molecule has 5 nitrogen and oxygen atoms in total. The summed E-state index contributed by atoms with van der Waals surface area (Å²) in [7, 11) is 3.15. The first-order chi connectivity index (χ1) is 12.6. The molecule has 1 saturated heterocycles. The molecule has 1 aliphatic rings. The number of aryl methyl sites for hydroxylation is 1. The van der Waals surface area contributed by atoms with E-state index in [4.69, 9.17) is 9.47 Å². The molecule has 3 rings (SSSR count). The van der Waals surface area contributed by atoms with Gasteiger partial charge in [0.1, 0.15) is 17.1 Å². The van der Waals surface area contributed by atoms with Crippen LogP contribution in [-0.4, -0.2) is 56.1 Å². The predicted molar refractivity (Wildman–Crippen MR) is 102 cm³/mol. The number of nitrogens with zero attached hydrogens (tertiary/aromatic N) is 2. The lowest BCUT2D eigenvalue weighted by atomic mass is 10.1. The average Bonchev–Trinajstić information content (AvgIpc) is 2.67. The molecule has 0 aromatic heterocycles. The van der Waals surface area contributed by atoms with E-state index in [-0.39, 0.29) is 5.91 Å². The second-order valence-corrected chi connectivity index (χ2v) is 6.59. The summed E-state index contributed by atoms with van der Waals surface area (Å²) in [6.45, 7) is 6.15. The normalized spacial score (nSPS) is 15.0. The second kappa shape index (κ2) is 8.23. The van der Waals surface area contributed by atoms with Gasteiger partial charge in [-0.05, 0) is 24.6 Å². The van der Waals surface area contributed by atoms with Crippen LogP contribution in [-0.2, 0) is 6.54 Å². The molecule has 26 heavy (non-hydrogen) atoms. The third-order valence-corrected chi connectivity index (χ3v) is 4.79. The highest BCUT2D eigenvalue weighted by molar-refractivity contribution is 5.99. The van der Waals surface area contributed by atoms with E-state index >= 15 is 0 Å². The number of amides is 1. The van der Waals surface area contributed by atoms with Crippen molar-refractivity contribution in [2.45, 2.75) is 13.5 Å². The molecular weight excluding hydrogens is 328 g/mol. The summed E-state index contributed by atoms with van der Waals surface area (Å²) in [5, 5.41) is 0. The predicted octanol–water partition coefficient (Wildman–Crippen LogP) is 2.97. The van der Waals surface area contributed by atoms with Crippen molar-refractivity contribution in [3.8, 4) is 11.5 Å². The van der Waals surface area contributed by atoms with Crippen molar-refractivity contribution in [2.24, 2.45) is 0 Å². The molecule has 0 N–H and O–H groups in total. The number of ether oxygens (including phenoxy) is 2. The van der Waals surface area contributed by atoms with Crippen molar-refractivity contribution >= 4 is 5.91 Å². The first-order valence-corrected chi connectivity index (χ1v) is 8.90. The van der Waals surface area contributed by atoms with E-state index in [1.165, 1.54) is 11.1 Å². The number of hydrogen-bond donors (Lipinski definition) is 0. The summed E-state index contributed by atoms with van der Waals surface area (Å²) in [6, 6.07) is 14.0. The Morgan fingerprint density at radius 2 is 1.58 bits per heavy atom. The zero-order valence-electron chi connectivity index (χ0n) is 15.7. The van der Waals surface area contributed by atoms with Crippen molar-refractivity contribution in [3.05, 3.63) is 59.2 Å². The highest BCUT2D eigenvalue weighted by atomic mass is 16.5. The number of carbonyl (C=O) groups is 1. The van der Waals surface area contributed by atoms with Gasteiger partial charge in [0.25, 0.3) is 5.91 Å². The zero-order valence-corrected chi connectivity index (χ0v) is 15.7.